The largest absolute Gasteiger partial charge is 0.481 e. The number of primary amides is 1. The molecule has 2 aliphatic rings. The molecule has 1 saturated carbocycles. The Balaban J connectivity index is 1.57. The molecule has 1 aliphatic heterocycles. The summed E-state index contributed by atoms with van der Waals surface area (Å²) < 4.78 is 7.03. The van der Waals surface area contributed by atoms with Crippen LogP contribution in [0.25, 0.3) is 16.6 Å². The van der Waals surface area contributed by atoms with Crippen LogP contribution >= 0.6 is 0 Å². The van der Waals surface area contributed by atoms with E-state index in [0.717, 1.165) is 41.8 Å². The van der Waals surface area contributed by atoms with Gasteiger partial charge in [-0.3, -0.25) is 4.79 Å². The highest BCUT2D eigenvalue weighted by Gasteiger charge is 2.65. The van der Waals surface area contributed by atoms with Crippen LogP contribution < -0.4 is 21.1 Å². The van der Waals surface area contributed by atoms with Crippen LogP contribution in [0, 0.1) is 10.8 Å². The molecule has 2 fully saturated rings. The zero-order valence-electron chi connectivity index (χ0n) is 17.4. The third-order valence-corrected chi connectivity index (χ3v) is 6.93. The van der Waals surface area contributed by atoms with Gasteiger partial charge in [0.25, 0.3) is 5.91 Å². The molecule has 1 saturated heterocycles. The second kappa shape index (κ2) is 6.43. The van der Waals surface area contributed by atoms with Crippen LogP contribution in [0.2, 0.25) is 0 Å². The number of anilines is 1. The van der Waals surface area contributed by atoms with E-state index < -0.39 is 5.91 Å². The van der Waals surface area contributed by atoms with Crippen molar-refractivity contribution in [1.82, 2.24) is 19.9 Å². The number of amides is 1. The predicted octanol–water partition coefficient (Wildman–Crippen LogP) is 2.30. The zero-order chi connectivity index (χ0) is 21.1. The Labute approximate surface area is 174 Å². The van der Waals surface area contributed by atoms with Crippen molar-refractivity contribution in [2.24, 2.45) is 16.6 Å². The van der Waals surface area contributed by atoms with E-state index in [1.165, 1.54) is 0 Å². The fraction of sp³-hybridized carbons (Fsp3) is 0.409. The van der Waals surface area contributed by atoms with Gasteiger partial charge in [-0.2, -0.15) is 5.10 Å². The summed E-state index contributed by atoms with van der Waals surface area (Å²) in [7, 11) is 1.59. The molecule has 5 rings (SSSR count). The van der Waals surface area contributed by atoms with E-state index in [9.17, 15) is 4.79 Å². The molecule has 8 heteroatoms. The van der Waals surface area contributed by atoms with Crippen molar-refractivity contribution in [3.05, 3.63) is 42.4 Å². The van der Waals surface area contributed by atoms with Gasteiger partial charge in [0.05, 0.1) is 30.1 Å². The number of fused-ring (bicyclic) bond motifs is 1. The van der Waals surface area contributed by atoms with Crippen molar-refractivity contribution in [1.29, 1.82) is 0 Å². The van der Waals surface area contributed by atoms with Gasteiger partial charge < -0.3 is 21.1 Å². The molecular formula is C22H26N6O2. The van der Waals surface area contributed by atoms with Gasteiger partial charge >= 0.3 is 0 Å². The van der Waals surface area contributed by atoms with Crippen LogP contribution in [0.4, 0.5) is 5.69 Å². The SMILES string of the molecule is COc1cc(-c2cc3c(N[C@H]4C[C@@]45CNCC5(C)C)c(C(N)=O)cnn3c2)ccn1. The monoisotopic (exact) mass is 406 g/mol. The molecule has 4 N–H and O–H groups in total. The van der Waals surface area contributed by atoms with Crippen molar-refractivity contribution < 1.29 is 9.53 Å². The van der Waals surface area contributed by atoms with E-state index >= 15 is 0 Å². The molecule has 1 aliphatic carbocycles. The van der Waals surface area contributed by atoms with E-state index in [-0.39, 0.29) is 16.9 Å². The maximum atomic E-state index is 12.2. The van der Waals surface area contributed by atoms with Crippen LogP contribution in [0.15, 0.2) is 36.8 Å². The maximum absolute atomic E-state index is 12.2. The second-order valence-electron chi connectivity index (χ2n) is 8.99. The first-order valence-electron chi connectivity index (χ1n) is 10.1. The Morgan fingerprint density at radius 3 is 2.87 bits per heavy atom. The number of hydrogen-bond acceptors (Lipinski definition) is 6. The second-order valence-corrected chi connectivity index (χ2v) is 8.99. The molecule has 0 radical (unpaired) electrons. The van der Waals surface area contributed by atoms with Gasteiger partial charge in [0.2, 0.25) is 5.88 Å². The van der Waals surface area contributed by atoms with Crippen molar-refractivity contribution in [3.63, 3.8) is 0 Å². The van der Waals surface area contributed by atoms with Crippen molar-refractivity contribution in [2.45, 2.75) is 26.3 Å². The van der Waals surface area contributed by atoms with E-state index in [0.29, 0.717) is 11.4 Å². The lowest BCUT2D eigenvalue weighted by atomic mass is 9.78. The molecular weight excluding hydrogens is 380 g/mol. The molecule has 4 heterocycles. The first kappa shape index (κ1) is 18.9. The number of hydrogen-bond donors (Lipinski definition) is 3. The summed E-state index contributed by atoms with van der Waals surface area (Å²) in [5.41, 5.74) is 9.97. The smallest absolute Gasteiger partial charge is 0.252 e. The van der Waals surface area contributed by atoms with Crippen LogP contribution in [-0.4, -0.2) is 46.7 Å². The molecule has 3 aromatic heterocycles. The number of nitrogens with zero attached hydrogens (tertiary/aromatic N) is 3. The Hall–Kier alpha value is -3.13. The maximum Gasteiger partial charge on any atom is 0.252 e. The highest BCUT2D eigenvalue weighted by molar-refractivity contribution is 6.02. The zero-order valence-corrected chi connectivity index (χ0v) is 17.4. The quantitative estimate of drug-likeness (QED) is 0.600. The summed E-state index contributed by atoms with van der Waals surface area (Å²) in [6.07, 6.45) is 6.25. The number of nitrogens with two attached hydrogens (primary N) is 1. The van der Waals surface area contributed by atoms with E-state index in [2.05, 4.69) is 34.6 Å². The molecule has 30 heavy (non-hydrogen) atoms. The van der Waals surface area contributed by atoms with Gasteiger partial charge in [0.15, 0.2) is 0 Å². The number of aromatic nitrogens is 3. The molecule has 3 aromatic rings. The normalized spacial score (nSPS) is 24.3. The number of carbonyl (C=O) groups excluding carboxylic acids is 1. The summed E-state index contributed by atoms with van der Waals surface area (Å²) in [5.74, 6) is 0.0575. The lowest BCUT2D eigenvalue weighted by Gasteiger charge is -2.27. The fourth-order valence-corrected chi connectivity index (χ4v) is 4.88. The Morgan fingerprint density at radius 1 is 1.33 bits per heavy atom. The summed E-state index contributed by atoms with van der Waals surface area (Å²) in [6.45, 7) is 6.59. The van der Waals surface area contributed by atoms with Gasteiger partial charge in [0, 0.05) is 48.6 Å². The van der Waals surface area contributed by atoms with E-state index in [1.54, 1.807) is 24.0 Å². The van der Waals surface area contributed by atoms with E-state index in [4.69, 9.17) is 10.5 Å². The predicted molar refractivity (Wildman–Crippen MR) is 115 cm³/mol. The summed E-state index contributed by atoms with van der Waals surface area (Å²) in [6, 6.07) is 6.09. The third-order valence-electron chi connectivity index (χ3n) is 6.93. The minimum absolute atomic E-state index is 0.191. The molecule has 0 bridgehead atoms. The number of carbonyl (C=O) groups is 1. The Morgan fingerprint density at radius 2 is 2.17 bits per heavy atom. The van der Waals surface area contributed by atoms with Crippen molar-refractivity contribution >= 4 is 17.1 Å². The number of rotatable bonds is 5. The minimum Gasteiger partial charge on any atom is -0.481 e. The lowest BCUT2D eigenvalue weighted by Crippen LogP contribution is -2.30. The third kappa shape index (κ3) is 2.74. The van der Waals surface area contributed by atoms with Gasteiger partial charge in [-0.1, -0.05) is 13.8 Å². The molecule has 0 unspecified atom stereocenters. The number of nitrogens with one attached hydrogen (secondary N) is 2. The topological polar surface area (TPSA) is 107 Å². The van der Waals surface area contributed by atoms with Gasteiger partial charge in [0.1, 0.15) is 0 Å². The van der Waals surface area contributed by atoms with Crippen LogP contribution in [-0.2, 0) is 0 Å². The summed E-state index contributed by atoms with van der Waals surface area (Å²) in [4.78, 5) is 16.3. The molecule has 8 nitrogen and oxygen atoms in total. The standard InChI is InChI=1S/C22H26N6O2/c1-21(2)11-24-12-22(21)8-17(22)27-19-15(20(23)29)9-26-28-10-14(6-16(19)28)13-4-5-25-18(7-13)30-3/h4-7,9-10,17,24,27H,8,11-12H2,1-3H3,(H2,23,29)/t17-,22+/m0/s1. The molecule has 2 atom stereocenters. The highest BCUT2D eigenvalue weighted by Crippen LogP contribution is 2.61. The lowest BCUT2D eigenvalue weighted by molar-refractivity contribution is 0.100. The fourth-order valence-electron chi connectivity index (χ4n) is 4.88. The van der Waals surface area contributed by atoms with Crippen LogP contribution in [0.5, 0.6) is 5.88 Å². The van der Waals surface area contributed by atoms with Crippen molar-refractivity contribution in [2.75, 3.05) is 25.5 Å². The number of methoxy groups -OCH3 is 1. The van der Waals surface area contributed by atoms with Gasteiger partial charge in [-0.25, -0.2) is 9.50 Å². The van der Waals surface area contributed by atoms with E-state index in [1.807, 2.05) is 24.4 Å². The average Bonchev–Trinajstić information content (AvgIpc) is 3.11. The minimum atomic E-state index is -0.487. The molecule has 1 spiro atoms. The Kier molecular flexibility index (Phi) is 4.05. The van der Waals surface area contributed by atoms with Gasteiger partial charge in [-0.15, -0.1) is 0 Å². The summed E-state index contributed by atoms with van der Waals surface area (Å²) in [5, 5.41) is 11.6. The molecule has 156 valence electrons. The molecule has 1 amide bonds. The Bertz CT molecular complexity index is 1150. The first-order valence-corrected chi connectivity index (χ1v) is 10.1. The summed E-state index contributed by atoms with van der Waals surface area (Å²) >= 11 is 0. The van der Waals surface area contributed by atoms with Crippen molar-refractivity contribution in [3.8, 4) is 17.0 Å². The van der Waals surface area contributed by atoms with Crippen LogP contribution in [0.3, 0.4) is 0 Å². The van der Waals surface area contributed by atoms with Crippen LogP contribution in [0.1, 0.15) is 30.6 Å². The molecule has 0 aromatic carbocycles. The first-order chi connectivity index (χ1) is 14.3. The highest BCUT2D eigenvalue weighted by atomic mass is 16.5. The number of pyridine rings is 1. The van der Waals surface area contributed by atoms with Gasteiger partial charge in [-0.05, 0) is 29.5 Å². The average molecular weight is 406 g/mol. The number of ether oxygens (including phenoxy) is 1.